The van der Waals surface area contributed by atoms with Crippen LogP contribution in [0.25, 0.3) is 0 Å². The summed E-state index contributed by atoms with van der Waals surface area (Å²) in [5.41, 5.74) is 4.39. The number of hydrazone groups is 1. The Morgan fingerprint density at radius 2 is 1.62 bits per heavy atom. The number of carbonyl (C=O) groups is 3. The first-order valence-electron chi connectivity index (χ1n) is 12.4. The lowest BCUT2D eigenvalue weighted by Gasteiger charge is -2.07. The van der Waals surface area contributed by atoms with Crippen LogP contribution in [0.2, 0.25) is 0 Å². The van der Waals surface area contributed by atoms with Crippen LogP contribution in [0.15, 0.2) is 53.4 Å². The third kappa shape index (κ3) is 39.5. The predicted octanol–water partition coefficient (Wildman–Crippen LogP) is 2.74. The molecule has 1 atom stereocenters. The molecule has 0 radical (unpaired) electrons. The van der Waals surface area contributed by atoms with Crippen LogP contribution in [0.4, 0.5) is 0 Å². The molecule has 0 unspecified atom stereocenters. The van der Waals surface area contributed by atoms with Gasteiger partial charge in [0.05, 0.1) is 51.2 Å². The van der Waals surface area contributed by atoms with Crippen LogP contribution in [0.5, 0.6) is 0 Å². The quantitative estimate of drug-likeness (QED) is 0.0308. The molecule has 0 saturated carbocycles. The summed E-state index contributed by atoms with van der Waals surface area (Å²) in [6.45, 7) is 21.6. The van der Waals surface area contributed by atoms with E-state index in [4.69, 9.17) is 19.7 Å². The van der Waals surface area contributed by atoms with Crippen LogP contribution in [0.1, 0.15) is 47.5 Å². The number of hydrogen-bond donors (Lipinski definition) is 4. The van der Waals surface area contributed by atoms with E-state index in [1.165, 1.54) is 13.2 Å². The summed E-state index contributed by atoms with van der Waals surface area (Å²) < 4.78 is 14.3. The maximum atomic E-state index is 10.9. The molecule has 11 heteroatoms. The molecule has 11 nitrogen and oxygen atoms in total. The Labute approximate surface area is 235 Å². The number of aliphatic hydroxyl groups excluding tert-OH is 2. The van der Waals surface area contributed by atoms with Crippen molar-refractivity contribution in [3.8, 4) is 0 Å². The largest absolute Gasteiger partial charge is 0.500 e. The zero-order chi connectivity index (χ0) is 31.5. The van der Waals surface area contributed by atoms with E-state index < -0.39 is 6.04 Å². The van der Waals surface area contributed by atoms with Crippen molar-refractivity contribution in [3.05, 3.63) is 48.3 Å². The standard InChI is InChI=1S/C12H18N2O3.C7H11NO2.C4H10O.C3H8O2.C2H6/c1-4-10(2)11(9-16)12(17-3)5-6-13-14-7-8-15;1-6(2)3-7(4-9)8-5-10;1-4(2)5-3;1-5-3-2-4;1-2/h4,6,9,14-15H,1-2,5,7-8H2,3H3;4-5,7H,1,3H2,2H3,(H,8,10);4H,1-3H3;4H,2-3H2,1H3;1-2H3/b12-11-,13-6-;;;;/t;7-;;;/m.0.../s1. The van der Waals surface area contributed by atoms with Crippen molar-refractivity contribution in [2.24, 2.45) is 5.10 Å². The van der Waals surface area contributed by atoms with Crippen LogP contribution in [0, 0.1) is 0 Å². The Balaban J connectivity index is -0.000000147. The van der Waals surface area contributed by atoms with E-state index in [1.54, 1.807) is 20.4 Å². The highest BCUT2D eigenvalue weighted by Crippen LogP contribution is 2.14. The number of methoxy groups -OCH3 is 3. The Kier molecular flexibility index (Phi) is 46.2. The van der Waals surface area contributed by atoms with Gasteiger partial charge in [0.15, 0.2) is 6.29 Å². The first kappa shape index (κ1) is 45.8. The molecule has 4 N–H and O–H groups in total. The summed E-state index contributed by atoms with van der Waals surface area (Å²) in [6.07, 6.45) is 6.19. The Bertz CT molecular complexity index is 676. The number of rotatable bonds is 17. The minimum atomic E-state index is -0.407. The monoisotopic (exact) mass is 559 g/mol. The molecular weight excluding hydrogens is 506 g/mol. The molecule has 0 heterocycles. The summed E-state index contributed by atoms with van der Waals surface area (Å²) in [5, 5.41) is 22.6. The number of nitrogens with zero attached hydrogens (tertiary/aromatic N) is 1. The van der Waals surface area contributed by atoms with E-state index in [0.717, 1.165) is 5.57 Å². The summed E-state index contributed by atoms with van der Waals surface area (Å²) in [5.74, 6) is 0.472. The fourth-order valence-corrected chi connectivity index (χ4v) is 1.74. The lowest BCUT2D eigenvalue weighted by Crippen LogP contribution is -2.29. The average Bonchev–Trinajstić information content (AvgIpc) is 2.94. The number of aliphatic hydroxyl groups is 2. The van der Waals surface area contributed by atoms with Gasteiger partial charge in [-0.25, -0.2) is 0 Å². The van der Waals surface area contributed by atoms with Crippen molar-refractivity contribution in [2.75, 3.05) is 47.7 Å². The molecule has 0 fully saturated rings. The van der Waals surface area contributed by atoms with Crippen molar-refractivity contribution in [1.82, 2.24) is 10.7 Å². The van der Waals surface area contributed by atoms with Crippen molar-refractivity contribution in [3.63, 3.8) is 0 Å². The Morgan fingerprint density at radius 3 is 1.90 bits per heavy atom. The Morgan fingerprint density at radius 1 is 1.05 bits per heavy atom. The van der Waals surface area contributed by atoms with Gasteiger partial charge in [-0.05, 0) is 32.8 Å². The minimum Gasteiger partial charge on any atom is -0.500 e. The lowest BCUT2D eigenvalue weighted by atomic mass is 10.1. The zero-order valence-corrected chi connectivity index (χ0v) is 25.2. The van der Waals surface area contributed by atoms with Gasteiger partial charge in [-0.15, -0.1) is 6.58 Å². The number of amides is 1. The number of allylic oxidation sites excluding steroid dienone is 4. The van der Waals surface area contributed by atoms with Gasteiger partial charge in [-0.3, -0.25) is 9.59 Å². The first-order valence-corrected chi connectivity index (χ1v) is 12.4. The third-order valence-corrected chi connectivity index (χ3v) is 3.72. The minimum absolute atomic E-state index is 0.0111. The summed E-state index contributed by atoms with van der Waals surface area (Å²) in [7, 11) is 4.73. The van der Waals surface area contributed by atoms with E-state index in [2.05, 4.69) is 40.3 Å². The molecule has 0 saturated heterocycles. The van der Waals surface area contributed by atoms with Crippen molar-refractivity contribution in [2.45, 2.75) is 59.6 Å². The van der Waals surface area contributed by atoms with E-state index in [9.17, 15) is 14.4 Å². The first-order chi connectivity index (χ1) is 18.6. The van der Waals surface area contributed by atoms with Gasteiger partial charge in [0.2, 0.25) is 6.41 Å². The summed E-state index contributed by atoms with van der Waals surface area (Å²) in [4.78, 5) is 30.9. The normalized spacial score (nSPS) is 10.6. The number of carbonyl (C=O) groups excluding carboxylic acids is 3. The maximum Gasteiger partial charge on any atom is 0.207 e. The second kappa shape index (κ2) is 39.4. The molecule has 0 aromatic heterocycles. The van der Waals surface area contributed by atoms with Crippen molar-refractivity contribution < 1.29 is 38.8 Å². The summed E-state index contributed by atoms with van der Waals surface area (Å²) >= 11 is 0. The molecule has 0 rings (SSSR count). The SMILES string of the molecule is C=C(C)C[C@@H](C=O)NC=O.C=CC(=C)/C(C=O)=C(/C/C=N\NCCO)OC.CC.COC(C)C.COCCO. The highest BCUT2D eigenvalue weighted by Gasteiger charge is 2.07. The number of hydrogen-bond acceptors (Lipinski definition) is 10. The lowest BCUT2D eigenvalue weighted by molar-refractivity contribution is -0.115. The second-order valence-electron chi connectivity index (χ2n) is 7.22. The third-order valence-electron chi connectivity index (χ3n) is 3.72. The van der Waals surface area contributed by atoms with E-state index in [0.29, 0.717) is 68.0 Å². The van der Waals surface area contributed by atoms with E-state index in [1.807, 2.05) is 34.6 Å². The highest BCUT2D eigenvalue weighted by atomic mass is 16.5. The second-order valence-corrected chi connectivity index (χ2v) is 7.22. The van der Waals surface area contributed by atoms with E-state index in [-0.39, 0.29) is 13.2 Å². The van der Waals surface area contributed by atoms with Crippen LogP contribution >= 0.6 is 0 Å². The molecule has 0 aromatic rings. The van der Waals surface area contributed by atoms with Gasteiger partial charge in [-0.2, -0.15) is 5.10 Å². The molecule has 0 aliphatic carbocycles. The van der Waals surface area contributed by atoms with Gasteiger partial charge >= 0.3 is 0 Å². The van der Waals surface area contributed by atoms with Crippen molar-refractivity contribution >= 4 is 25.2 Å². The zero-order valence-electron chi connectivity index (χ0n) is 25.2. The molecule has 0 bridgehead atoms. The highest BCUT2D eigenvalue weighted by molar-refractivity contribution is 5.83. The number of ether oxygens (including phenoxy) is 3. The van der Waals surface area contributed by atoms with Crippen LogP contribution in [0.3, 0.4) is 0 Å². The molecule has 0 aliphatic rings. The van der Waals surface area contributed by atoms with Gasteiger partial charge in [0, 0.05) is 26.9 Å². The van der Waals surface area contributed by atoms with Gasteiger partial charge < -0.3 is 40.0 Å². The fraction of sp³-hybridized carbons (Fsp3) is 0.571. The molecule has 0 aliphatic heterocycles. The fourth-order valence-electron chi connectivity index (χ4n) is 1.74. The van der Waals surface area contributed by atoms with Crippen LogP contribution in [-0.4, -0.2) is 95.3 Å². The van der Waals surface area contributed by atoms with E-state index >= 15 is 0 Å². The van der Waals surface area contributed by atoms with Gasteiger partial charge in [0.25, 0.3) is 0 Å². The molecule has 228 valence electrons. The molecular formula is C28H53N3O8. The predicted molar refractivity (Wildman–Crippen MR) is 159 cm³/mol. The maximum absolute atomic E-state index is 10.9. The van der Waals surface area contributed by atoms with Crippen LogP contribution in [-0.2, 0) is 28.6 Å². The number of aldehydes is 2. The smallest absolute Gasteiger partial charge is 0.207 e. The van der Waals surface area contributed by atoms with Crippen molar-refractivity contribution in [1.29, 1.82) is 0 Å². The van der Waals surface area contributed by atoms with Gasteiger partial charge in [0.1, 0.15) is 12.0 Å². The summed E-state index contributed by atoms with van der Waals surface area (Å²) in [6, 6.07) is -0.407. The number of nitrogens with one attached hydrogen (secondary N) is 2. The molecule has 39 heavy (non-hydrogen) atoms. The van der Waals surface area contributed by atoms with Crippen LogP contribution < -0.4 is 10.7 Å². The molecule has 0 spiro atoms. The topological polar surface area (TPSA) is 156 Å². The molecule has 1 amide bonds. The average molecular weight is 560 g/mol. The van der Waals surface area contributed by atoms with Gasteiger partial charge in [-0.1, -0.05) is 38.7 Å². The molecule has 0 aromatic carbocycles. The Hall–Kier alpha value is -3.12.